The molecule has 0 aliphatic carbocycles. The third-order valence-electron chi connectivity index (χ3n) is 3.59. The van der Waals surface area contributed by atoms with Crippen LogP contribution < -0.4 is 5.32 Å². The monoisotopic (exact) mass is 315 g/mol. The molecule has 0 fully saturated rings. The average Bonchev–Trinajstić information content (AvgIpc) is 3.08. The second-order valence-electron chi connectivity index (χ2n) is 5.69. The van der Waals surface area contributed by atoms with Gasteiger partial charge in [-0.3, -0.25) is 0 Å². The maximum Gasteiger partial charge on any atom is 0.205 e. The Bertz CT molecular complexity index is 759. The summed E-state index contributed by atoms with van der Waals surface area (Å²) < 4.78 is 2.31. The molecule has 0 spiro atoms. The summed E-state index contributed by atoms with van der Waals surface area (Å²) in [4.78, 5) is 2.20. The standard InChI is InChI=1S/C16H21N5S/c1-12-18-19-16(22-12)17-11-13-4-5-15-14(10-13)6-7-21(15)9-8-20(2)3/h4-7,10H,8-9,11H2,1-3H3,(H,17,19). The highest BCUT2D eigenvalue weighted by Crippen LogP contribution is 2.20. The molecule has 5 nitrogen and oxygen atoms in total. The lowest BCUT2D eigenvalue weighted by atomic mass is 10.1. The number of aromatic nitrogens is 3. The minimum Gasteiger partial charge on any atom is -0.356 e. The topological polar surface area (TPSA) is 46.0 Å². The van der Waals surface area contributed by atoms with E-state index in [2.05, 4.69) is 69.5 Å². The van der Waals surface area contributed by atoms with E-state index in [1.165, 1.54) is 16.5 Å². The van der Waals surface area contributed by atoms with Crippen LogP contribution in [0.25, 0.3) is 10.9 Å². The number of nitrogens with one attached hydrogen (secondary N) is 1. The lowest BCUT2D eigenvalue weighted by molar-refractivity contribution is 0.387. The van der Waals surface area contributed by atoms with Gasteiger partial charge in [0.25, 0.3) is 0 Å². The van der Waals surface area contributed by atoms with Crippen molar-refractivity contribution in [2.45, 2.75) is 20.0 Å². The maximum absolute atomic E-state index is 4.09. The van der Waals surface area contributed by atoms with Gasteiger partial charge in [-0.1, -0.05) is 17.4 Å². The molecular formula is C16H21N5S. The van der Waals surface area contributed by atoms with Crippen molar-refractivity contribution >= 4 is 27.4 Å². The second kappa shape index (κ2) is 6.46. The first kappa shape index (κ1) is 15.0. The van der Waals surface area contributed by atoms with Crippen molar-refractivity contribution in [3.05, 3.63) is 41.0 Å². The number of likely N-dealkylation sites (N-methyl/N-ethyl adjacent to an activating group) is 1. The average molecular weight is 315 g/mol. The maximum atomic E-state index is 4.09. The predicted molar refractivity (Wildman–Crippen MR) is 92.5 cm³/mol. The van der Waals surface area contributed by atoms with Gasteiger partial charge in [0.15, 0.2) is 0 Å². The van der Waals surface area contributed by atoms with E-state index in [-0.39, 0.29) is 0 Å². The molecule has 0 radical (unpaired) electrons. The highest BCUT2D eigenvalue weighted by Gasteiger charge is 2.04. The van der Waals surface area contributed by atoms with Crippen LogP contribution in [0.3, 0.4) is 0 Å². The van der Waals surface area contributed by atoms with Gasteiger partial charge in [-0.2, -0.15) is 0 Å². The van der Waals surface area contributed by atoms with Gasteiger partial charge in [0.1, 0.15) is 5.01 Å². The highest BCUT2D eigenvalue weighted by atomic mass is 32.1. The van der Waals surface area contributed by atoms with Gasteiger partial charge in [0.2, 0.25) is 5.13 Å². The minimum absolute atomic E-state index is 0.771. The van der Waals surface area contributed by atoms with Crippen molar-refractivity contribution in [3.63, 3.8) is 0 Å². The Morgan fingerprint density at radius 1 is 1.23 bits per heavy atom. The fourth-order valence-corrected chi connectivity index (χ4v) is 3.00. The molecule has 2 aromatic heterocycles. The summed E-state index contributed by atoms with van der Waals surface area (Å²) in [5.74, 6) is 0. The number of aryl methyl sites for hydroxylation is 1. The first-order valence-corrected chi connectivity index (χ1v) is 8.20. The number of fused-ring (bicyclic) bond motifs is 1. The van der Waals surface area contributed by atoms with Crippen molar-refractivity contribution in [2.75, 3.05) is 26.0 Å². The molecule has 1 N–H and O–H groups in total. The van der Waals surface area contributed by atoms with Gasteiger partial charge in [0, 0.05) is 31.3 Å². The van der Waals surface area contributed by atoms with Crippen LogP contribution in [0.15, 0.2) is 30.5 Å². The van der Waals surface area contributed by atoms with Gasteiger partial charge in [-0.15, -0.1) is 10.2 Å². The van der Waals surface area contributed by atoms with E-state index in [1.807, 2.05) is 6.92 Å². The smallest absolute Gasteiger partial charge is 0.205 e. The third-order valence-corrected chi connectivity index (χ3v) is 4.39. The summed E-state index contributed by atoms with van der Waals surface area (Å²) in [7, 11) is 4.20. The quantitative estimate of drug-likeness (QED) is 0.759. The predicted octanol–water partition coefficient (Wildman–Crippen LogP) is 2.97. The number of anilines is 1. The molecule has 1 aromatic carbocycles. The Morgan fingerprint density at radius 3 is 2.82 bits per heavy atom. The van der Waals surface area contributed by atoms with Gasteiger partial charge in [-0.25, -0.2) is 0 Å². The zero-order valence-corrected chi connectivity index (χ0v) is 14.0. The number of nitrogens with zero attached hydrogens (tertiary/aromatic N) is 4. The Labute approximate surface area is 134 Å². The summed E-state index contributed by atoms with van der Waals surface area (Å²) in [6.07, 6.45) is 2.17. The zero-order valence-electron chi connectivity index (χ0n) is 13.2. The zero-order chi connectivity index (χ0) is 15.5. The van der Waals surface area contributed by atoms with Gasteiger partial charge in [-0.05, 0) is 50.2 Å². The summed E-state index contributed by atoms with van der Waals surface area (Å²) in [6.45, 7) is 4.79. The number of rotatable bonds is 6. The molecule has 0 unspecified atom stereocenters. The van der Waals surface area contributed by atoms with Gasteiger partial charge >= 0.3 is 0 Å². The van der Waals surface area contributed by atoms with E-state index in [4.69, 9.17) is 0 Å². The molecule has 3 aromatic rings. The molecule has 116 valence electrons. The van der Waals surface area contributed by atoms with E-state index in [1.54, 1.807) is 11.3 Å². The Balaban J connectivity index is 1.70. The number of hydrogen-bond acceptors (Lipinski definition) is 5. The molecule has 0 aliphatic heterocycles. The second-order valence-corrected chi connectivity index (χ2v) is 6.87. The molecule has 6 heteroatoms. The highest BCUT2D eigenvalue weighted by molar-refractivity contribution is 7.15. The van der Waals surface area contributed by atoms with E-state index < -0.39 is 0 Å². The van der Waals surface area contributed by atoms with E-state index >= 15 is 0 Å². The first-order valence-electron chi connectivity index (χ1n) is 7.38. The van der Waals surface area contributed by atoms with E-state index in [0.717, 1.165) is 29.8 Å². The fraction of sp³-hybridized carbons (Fsp3) is 0.375. The molecule has 3 rings (SSSR count). The molecule has 0 atom stereocenters. The molecule has 0 amide bonds. The van der Waals surface area contributed by atoms with Crippen LogP contribution in [0.1, 0.15) is 10.6 Å². The van der Waals surface area contributed by atoms with Crippen molar-refractivity contribution in [2.24, 2.45) is 0 Å². The fourth-order valence-electron chi connectivity index (χ4n) is 2.41. The molecule has 0 saturated carbocycles. The van der Waals surface area contributed by atoms with Crippen molar-refractivity contribution in [1.29, 1.82) is 0 Å². The third kappa shape index (κ3) is 3.45. The van der Waals surface area contributed by atoms with Crippen LogP contribution in [-0.4, -0.2) is 40.3 Å². The number of benzene rings is 1. The normalized spacial score (nSPS) is 11.5. The van der Waals surface area contributed by atoms with Crippen molar-refractivity contribution in [3.8, 4) is 0 Å². The molecule has 2 heterocycles. The van der Waals surface area contributed by atoms with Gasteiger partial charge in [0.05, 0.1) is 0 Å². The van der Waals surface area contributed by atoms with Crippen LogP contribution in [-0.2, 0) is 13.1 Å². The SMILES string of the molecule is Cc1nnc(NCc2ccc3c(ccn3CCN(C)C)c2)s1. The van der Waals surface area contributed by atoms with Crippen molar-refractivity contribution < 1.29 is 0 Å². The van der Waals surface area contributed by atoms with E-state index in [0.29, 0.717) is 0 Å². The molecule has 0 bridgehead atoms. The summed E-state index contributed by atoms with van der Waals surface area (Å²) in [5, 5.41) is 14.6. The van der Waals surface area contributed by atoms with Crippen LogP contribution in [0.2, 0.25) is 0 Å². The summed E-state index contributed by atoms with van der Waals surface area (Å²) in [6, 6.07) is 8.80. The lowest BCUT2D eigenvalue weighted by Gasteiger charge is -2.11. The molecule has 22 heavy (non-hydrogen) atoms. The number of hydrogen-bond donors (Lipinski definition) is 1. The van der Waals surface area contributed by atoms with Crippen LogP contribution >= 0.6 is 11.3 Å². The van der Waals surface area contributed by atoms with Crippen LogP contribution in [0.5, 0.6) is 0 Å². The Hall–Kier alpha value is -1.92. The molecular weight excluding hydrogens is 294 g/mol. The van der Waals surface area contributed by atoms with Crippen LogP contribution in [0, 0.1) is 6.92 Å². The van der Waals surface area contributed by atoms with Crippen LogP contribution in [0.4, 0.5) is 5.13 Å². The summed E-state index contributed by atoms with van der Waals surface area (Å²) in [5.41, 5.74) is 2.54. The Kier molecular flexibility index (Phi) is 4.40. The minimum atomic E-state index is 0.771. The Morgan fingerprint density at radius 2 is 2.09 bits per heavy atom. The summed E-state index contributed by atoms with van der Waals surface area (Å²) >= 11 is 1.58. The first-order chi connectivity index (χ1) is 10.6. The van der Waals surface area contributed by atoms with Gasteiger partial charge < -0.3 is 14.8 Å². The van der Waals surface area contributed by atoms with Crippen molar-refractivity contribution in [1.82, 2.24) is 19.7 Å². The molecule has 0 aliphatic rings. The lowest BCUT2D eigenvalue weighted by Crippen LogP contribution is -2.17. The van der Waals surface area contributed by atoms with E-state index in [9.17, 15) is 0 Å². The largest absolute Gasteiger partial charge is 0.356 e. The molecule has 0 saturated heterocycles.